The Hall–Kier alpha value is -3.06. The summed E-state index contributed by atoms with van der Waals surface area (Å²) in [5.41, 5.74) is 1.63. The normalized spacial score (nSPS) is 13.6. The van der Waals surface area contributed by atoms with Crippen LogP contribution in [0.15, 0.2) is 54.6 Å². The van der Waals surface area contributed by atoms with Crippen LogP contribution in [0.25, 0.3) is 0 Å². The molecule has 1 saturated heterocycles. The molecule has 2 aromatic rings. The fraction of sp³-hybridized carbons (Fsp3) is 0.348. The third-order valence-electron chi connectivity index (χ3n) is 5.24. The lowest BCUT2D eigenvalue weighted by Gasteiger charge is -2.35. The first-order valence-electron chi connectivity index (χ1n) is 10.3. The van der Waals surface area contributed by atoms with Crippen LogP contribution in [0.3, 0.4) is 0 Å². The molecule has 31 heavy (non-hydrogen) atoms. The van der Waals surface area contributed by atoms with Crippen LogP contribution in [-0.2, 0) is 11.3 Å². The molecule has 1 N–H and O–H groups in total. The summed E-state index contributed by atoms with van der Waals surface area (Å²) in [6.07, 6.45) is 0.232. The zero-order valence-corrected chi connectivity index (χ0v) is 18.3. The second kappa shape index (κ2) is 10.8. The van der Waals surface area contributed by atoms with Crippen LogP contribution in [0.5, 0.6) is 0 Å². The number of hydrogen-bond acceptors (Lipinski definition) is 3. The number of amides is 4. The number of carbonyl (C=O) groups is 3. The average Bonchev–Trinajstić information content (AvgIpc) is 2.79. The molecule has 0 aliphatic carbocycles. The predicted octanol–water partition coefficient (Wildman–Crippen LogP) is 2.86. The summed E-state index contributed by atoms with van der Waals surface area (Å²) < 4.78 is 0. The predicted molar refractivity (Wildman–Crippen MR) is 120 cm³/mol. The molecular formula is C23H27ClN4O3. The summed E-state index contributed by atoms with van der Waals surface area (Å²) in [6.45, 7) is 2.73. The van der Waals surface area contributed by atoms with E-state index in [2.05, 4.69) is 5.32 Å². The summed E-state index contributed by atoms with van der Waals surface area (Å²) in [7, 11) is 1.72. The van der Waals surface area contributed by atoms with E-state index in [1.807, 2.05) is 30.3 Å². The maximum absolute atomic E-state index is 12.6. The van der Waals surface area contributed by atoms with E-state index in [0.29, 0.717) is 43.3 Å². The topological polar surface area (TPSA) is 73.0 Å². The van der Waals surface area contributed by atoms with Gasteiger partial charge >= 0.3 is 6.03 Å². The van der Waals surface area contributed by atoms with E-state index in [9.17, 15) is 14.4 Å². The van der Waals surface area contributed by atoms with E-state index in [1.54, 1.807) is 46.0 Å². The van der Waals surface area contributed by atoms with Gasteiger partial charge in [0.1, 0.15) is 0 Å². The van der Waals surface area contributed by atoms with E-state index < -0.39 is 0 Å². The fourth-order valence-electron chi connectivity index (χ4n) is 3.43. The third-order valence-corrected chi connectivity index (χ3v) is 5.49. The minimum atomic E-state index is -0.213. The second-order valence-electron chi connectivity index (χ2n) is 7.50. The van der Waals surface area contributed by atoms with Crippen LogP contribution >= 0.6 is 11.6 Å². The Morgan fingerprint density at radius 2 is 1.55 bits per heavy atom. The van der Waals surface area contributed by atoms with Crippen LogP contribution in [-0.4, -0.2) is 72.3 Å². The zero-order valence-electron chi connectivity index (χ0n) is 17.6. The SMILES string of the molecule is CN(Cc1ccccc1)C(=O)NCCC(=O)N1CCN(C(=O)c2ccc(Cl)cc2)CC1. The molecular weight excluding hydrogens is 416 g/mol. The summed E-state index contributed by atoms with van der Waals surface area (Å²) in [6, 6.07) is 16.3. The minimum absolute atomic E-state index is 0.0235. The number of piperazine rings is 1. The Balaban J connectivity index is 1.37. The van der Waals surface area contributed by atoms with Crippen molar-refractivity contribution < 1.29 is 14.4 Å². The first kappa shape index (κ1) is 22.6. The first-order chi connectivity index (χ1) is 14.9. The average molecular weight is 443 g/mol. The van der Waals surface area contributed by atoms with Crippen molar-refractivity contribution in [1.29, 1.82) is 0 Å². The second-order valence-corrected chi connectivity index (χ2v) is 7.94. The highest BCUT2D eigenvalue weighted by Gasteiger charge is 2.24. The number of nitrogens with zero attached hydrogens (tertiary/aromatic N) is 3. The van der Waals surface area contributed by atoms with E-state index in [0.717, 1.165) is 5.56 Å². The smallest absolute Gasteiger partial charge is 0.317 e. The van der Waals surface area contributed by atoms with E-state index in [4.69, 9.17) is 11.6 Å². The standard InChI is InChI=1S/C23H27ClN4O3/c1-26(17-18-5-3-2-4-6-18)23(31)25-12-11-21(29)27-13-15-28(16-14-27)22(30)19-7-9-20(24)10-8-19/h2-10H,11-17H2,1H3,(H,25,31). The Morgan fingerprint density at radius 3 is 2.19 bits per heavy atom. The van der Waals surface area contributed by atoms with Gasteiger partial charge in [-0.05, 0) is 29.8 Å². The first-order valence-corrected chi connectivity index (χ1v) is 10.7. The Kier molecular flexibility index (Phi) is 7.89. The molecule has 4 amide bonds. The van der Waals surface area contributed by atoms with Crippen LogP contribution in [0, 0.1) is 0 Å². The van der Waals surface area contributed by atoms with Gasteiger partial charge in [-0.15, -0.1) is 0 Å². The number of halogens is 1. The molecule has 0 radical (unpaired) electrons. The molecule has 0 atom stereocenters. The van der Waals surface area contributed by atoms with Gasteiger partial charge in [0.05, 0.1) is 0 Å². The maximum atomic E-state index is 12.6. The van der Waals surface area contributed by atoms with Gasteiger partial charge in [0.15, 0.2) is 0 Å². The molecule has 2 aromatic carbocycles. The van der Waals surface area contributed by atoms with Crippen molar-refractivity contribution in [3.63, 3.8) is 0 Å². The molecule has 3 rings (SSSR count). The lowest BCUT2D eigenvalue weighted by Crippen LogP contribution is -2.51. The summed E-state index contributed by atoms with van der Waals surface area (Å²) in [5.74, 6) is -0.0814. The van der Waals surface area contributed by atoms with Crippen LogP contribution < -0.4 is 5.32 Å². The number of carbonyl (C=O) groups excluding carboxylic acids is 3. The number of hydrogen-bond donors (Lipinski definition) is 1. The van der Waals surface area contributed by atoms with E-state index >= 15 is 0 Å². The van der Waals surface area contributed by atoms with Gasteiger partial charge < -0.3 is 20.0 Å². The lowest BCUT2D eigenvalue weighted by atomic mass is 10.2. The number of nitrogens with one attached hydrogen (secondary N) is 1. The highest BCUT2D eigenvalue weighted by Crippen LogP contribution is 2.13. The van der Waals surface area contributed by atoms with Crippen molar-refractivity contribution >= 4 is 29.4 Å². The number of urea groups is 1. The van der Waals surface area contributed by atoms with Gasteiger partial charge in [-0.2, -0.15) is 0 Å². The molecule has 1 aliphatic heterocycles. The highest BCUT2D eigenvalue weighted by molar-refractivity contribution is 6.30. The molecule has 0 unspecified atom stereocenters. The van der Waals surface area contributed by atoms with Crippen molar-refractivity contribution in [2.45, 2.75) is 13.0 Å². The van der Waals surface area contributed by atoms with Gasteiger partial charge in [-0.25, -0.2) is 4.79 Å². The largest absolute Gasteiger partial charge is 0.339 e. The molecule has 1 aliphatic rings. The summed E-state index contributed by atoms with van der Waals surface area (Å²) in [5, 5.41) is 3.38. The van der Waals surface area contributed by atoms with Crippen molar-refractivity contribution in [3.8, 4) is 0 Å². The Bertz CT molecular complexity index is 897. The Labute approximate surface area is 187 Å². The third kappa shape index (κ3) is 6.46. The summed E-state index contributed by atoms with van der Waals surface area (Å²) >= 11 is 5.87. The fourth-order valence-corrected chi connectivity index (χ4v) is 3.56. The van der Waals surface area contributed by atoms with Crippen molar-refractivity contribution in [3.05, 3.63) is 70.7 Å². The molecule has 7 nitrogen and oxygen atoms in total. The lowest BCUT2D eigenvalue weighted by molar-refractivity contribution is -0.132. The monoisotopic (exact) mass is 442 g/mol. The molecule has 0 aromatic heterocycles. The number of rotatable bonds is 6. The summed E-state index contributed by atoms with van der Waals surface area (Å²) in [4.78, 5) is 42.3. The van der Waals surface area contributed by atoms with Gasteiger partial charge in [0, 0.05) is 63.3 Å². The molecule has 8 heteroatoms. The van der Waals surface area contributed by atoms with Crippen molar-refractivity contribution in [2.75, 3.05) is 39.8 Å². The van der Waals surface area contributed by atoms with Crippen LogP contribution in [0.2, 0.25) is 5.02 Å². The van der Waals surface area contributed by atoms with E-state index in [1.165, 1.54) is 0 Å². The molecule has 0 bridgehead atoms. The van der Waals surface area contributed by atoms with Gasteiger partial charge in [-0.3, -0.25) is 9.59 Å². The quantitative estimate of drug-likeness (QED) is 0.747. The minimum Gasteiger partial charge on any atom is -0.339 e. The van der Waals surface area contributed by atoms with Crippen LogP contribution in [0.4, 0.5) is 4.79 Å². The van der Waals surface area contributed by atoms with Gasteiger partial charge in [-0.1, -0.05) is 41.9 Å². The molecule has 0 spiro atoms. The molecule has 0 saturated carbocycles. The van der Waals surface area contributed by atoms with Crippen LogP contribution in [0.1, 0.15) is 22.3 Å². The molecule has 1 heterocycles. The number of benzene rings is 2. The molecule has 164 valence electrons. The highest BCUT2D eigenvalue weighted by atomic mass is 35.5. The van der Waals surface area contributed by atoms with Crippen molar-refractivity contribution in [1.82, 2.24) is 20.0 Å². The zero-order chi connectivity index (χ0) is 22.2. The Morgan fingerprint density at radius 1 is 0.935 bits per heavy atom. The maximum Gasteiger partial charge on any atom is 0.317 e. The van der Waals surface area contributed by atoms with Gasteiger partial charge in [0.25, 0.3) is 5.91 Å². The van der Waals surface area contributed by atoms with Gasteiger partial charge in [0.2, 0.25) is 5.91 Å². The van der Waals surface area contributed by atoms with E-state index in [-0.39, 0.29) is 30.8 Å². The van der Waals surface area contributed by atoms with Crippen molar-refractivity contribution in [2.24, 2.45) is 0 Å². The molecule has 1 fully saturated rings.